The van der Waals surface area contributed by atoms with Gasteiger partial charge in [0.1, 0.15) is 5.69 Å². The van der Waals surface area contributed by atoms with E-state index in [1.807, 2.05) is 0 Å². The fraction of sp³-hybridized carbons (Fsp3) is 0.727. The maximum Gasteiger partial charge on any atom is 0.333 e. The average molecular weight is 238 g/mol. The fourth-order valence-electron chi connectivity index (χ4n) is 2.42. The Kier molecular flexibility index (Phi) is 3.04. The molecule has 1 saturated heterocycles. The second kappa shape index (κ2) is 4.35. The van der Waals surface area contributed by atoms with Gasteiger partial charge in [0, 0.05) is 20.1 Å². The van der Waals surface area contributed by atoms with Crippen LogP contribution < -0.4 is 4.90 Å². The first-order valence-corrected chi connectivity index (χ1v) is 5.93. The molecule has 0 amide bonds. The molecule has 0 bridgehead atoms. The van der Waals surface area contributed by atoms with Crippen molar-refractivity contribution in [3.05, 3.63) is 15.8 Å². The first kappa shape index (κ1) is 11.9. The van der Waals surface area contributed by atoms with Crippen molar-refractivity contribution in [3.63, 3.8) is 0 Å². The van der Waals surface area contributed by atoms with Gasteiger partial charge >= 0.3 is 5.69 Å². The molecule has 0 aliphatic carbocycles. The van der Waals surface area contributed by atoms with Gasteiger partial charge in [-0.05, 0) is 25.7 Å². The molecule has 2 heterocycles. The van der Waals surface area contributed by atoms with Crippen molar-refractivity contribution < 1.29 is 4.92 Å². The number of anilines is 1. The van der Waals surface area contributed by atoms with E-state index in [-0.39, 0.29) is 10.6 Å². The monoisotopic (exact) mass is 238 g/mol. The van der Waals surface area contributed by atoms with Crippen molar-refractivity contribution in [2.75, 3.05) is 18.0 Å². The van der Waals surface area contributed by atoms with Crippen LogP contribution in [0.5, 0.6) is 0 Å². The summed E-state index contributed by atoms with van der Waals surface area (Å²) in [6.45, 7) is 5.66. The lowest BCUT2D eigenvalue weighted by atomic mass is 9.99. The first-order valence-electron chi connectivity index (χ1n) is 5.93. The molecule has 0 atom stereocenters. The van der Waals surface area contributed by atoms with E-state index in [0.717, 1.165) is 25.9 Å². The summed E-state index contributed by atoms with van der Waals surface area (Å²) in [6.07, 6.45) is 2.17. The average Bonchev–Trinajstić information content (AvgIpc) is 2.55. The van der Waals surface area contributed by atoms with Gasteiger partial charge in [-0.25, -0.2) is 4.68 Å². The van der Waals surface area contributed by atoms with Gasteiger partial charge in [-0.1, -0.05) is 6.92 Å². The molecule has 6 heteroatoms. The normalized spacial score (nSPS) is 17.5. The summed E-state index contributed by atoms with van der Waals surface area (Å²) < 4.78 is 1.63. The van der Waals surface area contributed by atoms with Crippen LogP contribution >= 0.6 is 0 Å². The predicted molar refractivity (Wildman–Crippen MR) is 65.2 cm³/mol. The lowest BCUT2D eigenvalue weighted by Gasteiger charge is -2.31. The summed E-state index contributed by atoms with van der Waals surface area (Å²) >= 11 is 0. The highest BCUT2D eigenvalue weighted by Crippen LogP contribution is 2.33. The van der Waals surface area contributed by atoms with E-state index >= 15 is 0 Å². The van der Waals surface area contributed by atoms with Gasteiger partial charge in [-0.2, -0.15) is 5.10 Å². The summed E-state index contributed by atoms with van der Waals surface area (Å²) in [7, 11) is 1.77. The fourth-order valence-corrected chi connectivity index (χ4v) is 2.42. The molecular formula is C11H18N4O2. The molecule has 0 N–H and O–H groups in total. The number of rotatable bonds is 2. The Balaban J connectivity index is 2.34. The zero-order valence-electron chi connectivity index (χ0n) is 10.5. The smallest absolute Gasteiger partial charge is 0.333 e. The molecule has 2 rings (SSSR count). The lowest BCUT2D eigenvalue weighted by Crippen LogP contribution is -2.34. The molecule has 0 saturated carbocycles. The van der Waals surface area contributed by atoms with Crippen molar-refractivity contribution in [2.45, 2.75) is 26.7 Å². The van der Waals surface area contributed by atoms with Crippen LogP contribution in [0.2, 0.25) is 0 Å². The van der Waals surface area contributed by atoms with Crippen LogP contribution in [0.1, 0.15) is 25.5 Å². The number of hydrogen-bond acceptors (Lipinski definition) is 4. The summed E-state index contributed by atoms with van der Waals surface area (Å²) in [5.74, 6) is 1.36. The molecule has 6 nitrogen and oxygen atoms in total. The Morgan fingerprint density at radius 2 is 2.00 bits per heavy atom. The van der Waals surface area contributed by atoms with Crippen molar-refractivity contribution in [1.29, 1.82) is 0 Å². The third-order valence-electron chi connectivity index (χ3n) is 3.43. The highest BCUT2D eigenvalue weighted by molar-refractivity contribution is 5.61. The maximum atomic E-state index is 11.1. The molecule has 17 heavy (non-hydrogen) atoms. The van der Waals surface area contributed by atoms with Crippen LogP contribution in [0, 0.1) is 23.0 Å². The van der Waals surface area contributed by atoms with Crippen LogP contribution in [0.25, 0.3) is 0 Å². The number of nitro groups is 1. The van der Waals surface area contributed by atoms with Gasteiger partial charge in [0.25, 0.3) is 0 Å². The molecule has 1 fully saturated rings. The van der Waals surface area contributed by atoms with Crippen LogP contribution in [0.4, 0.5) is 11.5 Å². The number of hydrogen-bond donors (Lipinski definition) is 0. The molecule has 0 radical (unpaired) electrons. The molecule has 0 unspecified atom stereocenters. The number of piperidine rings is 1. The van der Waals surface area contributed by atoms with Crippen LogP contribution in [0.3, 0.4) is 0 Å². The van der Waals surface area contributed by atoms with Gasteiger partial charge in [0.05, 0.1) is 4.92 Å². The highest BCUT2D eigenvalue weighted by atomic mass is 16.6. The maximum absolute atomic E-state index is 11.1. The van der Waals surface area contributed by atoms with E-state index in [4.69, 9.17) is 0 Å². The van der Waals surface area contributed by atoms with Gasteiger partial charge < -0.3 is 4.90 Å². The minimum absolute atomic E-state index is 0.155. The van der Waals surface area contributed by atoms with Crippen molar-refractivity contribution in [3.8, 4) is 0 Å². The van der Waals surface area contributed by atoms with E-state index in [2.05, 4.69) is 16.9 Å². The molecule has 1 aromatic rings. The predicted octanol–water partition coefficient (Wildman–Crippen LogP) is 1.87. The van der Waals surface area contributed by atoms with Gasteiger partial charge in [-0.15, -0.1) is 0 Å². The Morgan fingerprint density at radius 1 is 1.41 bits per heavy atom. The van der Waals surface area contributed by atoms with Gasteiger partial charge in [0.15, 0.2) is 0 Å². The largest absolute Gasteiger partial charge is 0.351 e. The molecule has 0 spiro atoms. The van der Waals surface area contributed by atoms with E-state index < -0.39 is 0 Å². The van der Waals surface area contributed by atoms with Crippen LogP contribution in [-0.4, -0.2) is 27.8 Å². The molecule has 1 aromatic heterocycles. The zero-order valence-corrected chi connectivity index (χ0v) is 10.5. The lowest BCUT2D eigenvalue weighted by molar-refractivity contribution is -0.384. The van der Waals surface area contributed by atoms with Crippen molar-refractivity contribution in [2.24, 2.45) is 13.0 Å². The summed E-state index contributed by atoms with van der Waals surface area (Å²) in [4.78, 5) is 12.8. The zero-order chi connectivity index (χ0) is 12.6. The Bertz CT molecular complexity index is 433. The third kappa shape index (κ3) is 2.11. The van der Waals surface area contributed by atoms with E-state index in [1.54, 1.807) is 18.7 Å². The Hall–Kier alpha value is -1.59. The van der Waals surface area contributed by atoms with Crippen molar-refractivity contribution >= 4 is 11.5 Å². The third-order valence-corrected chi connectivity index (χ3v) is 3.43. The second-order valence-electron chi connectivity index (χ2n) is 4.81. The number of aryl methyl sites for hydroxylation is 2. The summed E-state index contributed by atoms with van der Waals surface area (Å²) in [5.41, 5.74) is 0.646. The second-order valence-corrected chi connectivity index (χ2v) is 4.81. The molecule has 1 aliphatic heterocycles. The van der Waals surface area contributed by atoms with Crippen LogP contribution in [0.15, 0.2) is 0 Å². The molecule has 1 aliphatic rings. The molecule has 0 aromatic carbocycles. The summed E-state index contributed by atoms with van der Waals surface area (Å²) in [6, 6.07) is 0. The quantitative estimate of drug-likeness (QED) is 0.583. The minimum atomic E-state index is -0.324. The highest BCUT2D eigenvalue weighted by Gasteiger charge is 2.29. The Labute approximate surface area is 100 Å². The van der Waals surface area contributed by atoms with Crippen molar-refractivity contribution in [1.82, 2.24) is 9.78 Å². The van der Waals surface area contributed by atoms with E-state index in [1.165, 1.54) is 0 Å². The van der Waals surface area contributed by atoms with Gasteiger partial charge in [-0.3, -0.25) is 10.1 Å². The van der Waals surface area contributed by atoms with Gasteiger partial charge in [0.2, 0.25) is 5.82 Å². The number of aromatic nitrogens is 2. The first-order chi connectivity index (χ1) is 8.00. The van der Waals surface area contributed by atoms with E-state index in [0.29, 0.717) is 17.4 Å². The summed E-state index contributed by atoms with van der Waals surface area (Å²) in [5, 5.41) is 15.2. The van der Waals surface area contributed by atoms with E-state index in [9.17, 15) is 10.1 Å². The minimum Gasteiger partial charge on any atom is -0.351 e. The SMILES string of the molecule is Cc1nn(C)c(N2CCC(C)CC2)c1[N+](=O)[O-]. The van der Waals surface area contributed by atoms with Crippen LogP contribution in [-0.2, 0) is 7.05 Å². The standard InChI is InChI=1S/C11H18N4O2/c1-8-4-6-14(7-5-8)11-10(15(16)17)9(2)12-13(11)3/h8H,4-7H2,1-3H3. The Morgan fingerprint density at radius 3 is 2.53 bits per heavy atom. The molecular weight excluding hydrogens is 220 g/mol. The molecule has 94 valence electrons. The number of nitrogens with zero attached hydrogens (tertiary/aromatic N) is 4. The topological polar surface area (TPSA) is 64.2 Å².